The van der Waals surface area contributed by atoms with Gasteiger partial charge in [-0.15, -0.1) is 0 Å². The normalized spacial score (nSPS) is 20.0. The highest BCUT2D eigenvalue weighted by atomic mass is 16.5. The maximum absolute atomic E-state index is 12.4. The second-order valence-corrected chi connectivity index (χ2v) is 7.20. The number of ether oxygens (including phenoxy) is 1. The summed E-state index contributed by atoms with van der Waals surface area (Å²) < 4.78 is 7.41. The van der Waals surface area contributed by atoms with Crippen molar-refractivity contribution in [2.75, 3.05) is 31.2 Å². The number of nitrogens with one attached hydrogen (secondary N) is 2. The summed E-state index contributed by atoms with van der Waals surface area (Å²) in [4.78, 5) is 14.7. The van der Waals surface area contributed by atoms with Gasteiger partial charge in [0.05, 0.1) is 24.9 Å². The molecular weight excluding hydrogens is 318 g/mol. The first kappa shape index (κ1) is 18.2. The molecule has 2 heterocycles. The average molecular weight is 349 g/mol. The molecule has 0 bridgehead atoms. The number of carbonyl (C=O) groups excluding carboxylic acids is 1. The quantitative estimate of drug-likeness (QED) is 0.805. The van der Waals surface area contributed by atoms with E-state index in [1.54, 1.807) is 0 Å². The molecule has 1 aromatic heterocycles. The van der Waals surface area contributed by atoms with Gasteiger partial charge in [-0.3, -0.25) is 9.48 Å². The predicted molar refractivity (Wildman–Crippen MR) is 97.7 cm³/mol. The monoisotopic (exact) mass is 349 g/mol. The van der Waals surface area contributed by atoms with E-state index in [-0.39, 0.29) is 11.9 Å². The van der Waals surface area contributed by atoms with Gasteiger partial charge in [0, 0.05) is 38.3 Å². The molecule has 2 aliphatic rings. The van der Waals surface area contributed by atoms with Crippen LogP contribution in [0.3, 0.4) is 0 Å². The molecule has 3 rings (SSSR count). The van der Waals surface area contributed by atoms with Crippen molar-refractivity contribution < 1.29 is 9.53 Å². The summed E-state index contributed by atoms with van der Waals surface area (Å²) in [5.41, 5.74) is 2.19. The van der Waals surface area contributed by atoms with Gasteiger partial charge < -0.3 is 20.3 Å². The molecule has 1 saturated carbocycles. The zero-order chi connectivity index (χ0) is 17.8. The molecule has 25 heavy (non-hydrogen) atoms. The molecule has 0 aromatic carbocycles. The van der Waals surface area contributed by atoms with Crippen LogP contribution in [0.25, 0.3) is 0 Å². The van der Waals surface area contributed by atoms with Crippen molar-refractivity contribution in [3.05, 3.63) is 11.3 Å². The largest absolute Gasteiger partial charge is 0.378 e. The maximum atomic E-state index is 12.4. The Balaban J connectivity index is 1.61. The summed E-state index contributed by atoms with van der Waals surface area (Å²) in [5, 5.41) is 11.1. The SMILES string of the molecule is Cc1nn(C)c(N2CCOCC2)c1CN[C@@H](C)C(=O)NC1CCCC1. The molecule has 7 nitrogen and oxygen atoms in total. The lowest BCUT2D eigenvalue weighted by atomic mass is 10.2. The molecule has 1 saturated heterocycles. The Morgan fingerprint density at radius 2 is 2.00 bits per heavy atom. The topological polar surface area (TPSA) is 71.4 Å². The second-order valence-electron chi connectivity index (χ2n) is 7.20. The number of amides is 1. The average Bonchev–Trinajstić information content (AvgIpc) is 3.20. The lowest BCUT2D eigenvalue weighted by Gasteiger charge is -2.29. The van der Waals surface area contributed by atoms with Crippen LogP contribution in [0.4, 0.5) is 5.82 Å². The Bertz CT molecular complexity index is 589. The third-order valence-electron chi connectivity index (χ3n) is 5.30. The fourth-order valence-corrected chi connectivity index (χ4v) is 3.81. The fraction of sp³-hybridized carbons (Fsp3) is 0.778. The van der Waals surface area contributed by atoms with E-state index in [0.717, 1.165) is 50.7 Å². The van der Waals surface area contributed by atoms with Gasteiger partial charge in [-0.25, -0.2) is 0 Å². The highest BCUT2D eigenvalue weighted by molar-refractivity contribution is 5.81. The molecule has 140 valence electrons. The Hall–Kier alpha value is -1.60. The van der Waals surface area contributed by atoms with Gasteiger partial charge in [0.25, 0.3) is 0 Å². The Labute approximate surface area is 150 Å². The van der Waals surface area contributed by atoms with Gasteiger partial charge >= 0.3 is 0 Å². The van der Waals surface area contributed by atoms with Crippen LogP contribution in [0.5, 0.6) is 0 Å². The first-order valence-electron chi connectivity index (χ1n) is 9.45. The maximum Gasteiger partial charge on any atom is 0.237 e. The van der Waals surface area contributed by atoms with Crippen LogP contribution >= 0.6 is 0 Å². The summed E-state index contributed by atoms with van der Waals surface area (Å²) in [6.45, 7) is 7.86. The molecule has 0 unspecified atom stereocenters. The van der Waals surface area contributed by atoms with Gasteiger partial charge in [0.2, 0.25) is 5.91 Å². The van der Waals surface area contributed by atoms with Gasteiger partial charge in [-0.05, 0) is 26.7 Å². The summed E-state index contributed by atoms with van der Waals surface area (Å²) in [6.07, 6.45) is 4.68. The number of rotatable bonds is 6. The highest BCUT2D eigenvalue weighted by Gasteiger charge is 2.24. The molecule has 1 amide bonds. The molecule has 1 atom stereocenters. The minimum atomic E-state index is -0.210. The van der Waals surface area contributed by atoms with Crippen molar-refractivity contribution in [1.82, 2.24) is 20.4 Å². The Kier molecular flexibility index (Phi) is 5.96. The van der Waals surface area contributed by atoms with Crippen molar-refractivity contribution >= 4 is 11.7 Å². The standard InChI is InChI=1S/C18H31N5O2/c1-13-16(18(22(3)21-13)23-8-10-25-11-9-23)12-19-14(2)17(24)20-15-6-4-5-7-15/h14-15,19H,4-12H2,1-3H3,(H,20,24)/t14-/m0/s1. The van der Waals surface area contributed by atoms with E-state index in [2.05, 4.69) is 20.6 Å². The van der Waals surface area contributed by atoms with Gasteiger partial charge in [-0.2, -0.15) is 5.10 Å². The van der Waals surface area contributed by atoms with Gasteiger partial charge in [-0.1, -0.05) is 12.8 Å². The second kappa shape index (κ2) is 8.19. The van der Waals surface area contributed by atoms with Crippen LogP contribution in [-0.4, -0.2) is 54.1 Å². The van der Waals surface area contributed by atoms with Crippen molar-refractivity contribution in [1.29, 1.82) is 0 Å². The van der Waals surface area contributed by atoms with E-state index in [0.29, 0.717) is 12.6 Å². The third-order valence-corrected chi connectivity index (χ3v) is 5.30. The number of hydrogen-bond donors (Lipinski definition) is 2. The lowest BCUT2D eigenvalue weighted by Crippen LogP contribution is -2.45. The zero-order valence-electron chi connectivity index (χ0n) is 15.7. The molecule has 1 aliphatic heterocycles. The molecular formula is C18H31N5O2. The number of hydrogen-bond acceptors (Lipinski definition) is 5. The van der Waals surface area contributed by atoms with E-state index in [9.17, 15) is 4.79 Å². The highest BCUT2D eigenvalue weighted by Crippen LogP contribution is 2.24. The minimum Gasteiger partial charge on any atom is -0.378 e. The van der Waals surface area contributed by atoms with Crippen LogP contribution in [-0.2, 0) is 23.1 Å². The summed E-state index contributed by atoms with van der Waals surface area (Å²) in [6, 6.07) is 0.151. The lowest BCUT2D eigenvalue weighted by molar-refractivity contribution is -0.123. The van der Waals surface area contributed by atoms with Crippen LogP contribution in [0, 0.1) is 6.92 Å². The van der Waals surface area contributed by atoms with Crippen molar-refractivity contribution in [2.45, 2.75) is 58.2 Å². The summed E-state index contributed by atoms with van der Waals surface area (Å²) >= 11 is 0. The molecule has 0 spiro atoms. The molecule has 0 radical (unpaired) electrons. The summed E-state index contributed by atoms with van der Waals surface area (Å²) in [7, 11) is 1.98. The number of aryl methyl sites for hydroxylation is 2. The molecule has 1 aromatic rings. The molecule has 1 aliphatic carbocycles. The molecule has 2 N–H and O–H groups in total. The minimum absolute atomic E-state index is 0.0985. The zero-order valence-corrected chi connectivity index (χ0v) is 15.7. The first-order valence-corrected chi connectivity index (χ1v) is 9.45. The van der Waals surface area contributed by atoms with Crippen LogP contribution in [0.15, 0.2) is 0 Å². The third kappa shape index (κ3) is 4.33. The van der Waals surface area contributed by atoms with E-state index in [4.69, 9.17) is 4.74 Å². The number of nitrogens with zero attached hydrogens (tertiary/aromatic N) is 3. The molecule has 7 heteroatoms. The van der Waals surface area contributed by atoms with Crippen LogP contribution < -0.4 is 15.5 Å². The molecule has 2 fully saturated rings. The van der Waals surface area contributed by atoms with Crippen molar-refractivity contribution in [3.8, 4) is 0 Å². The van der Waals surface area contributed by atoms with Gasteiger partial charge in [0.15, 0.2) is 0 Å². The van der Waals surface area contributed by atoms with Crippen LogP contribution in [0.2, 0.25) is 0 Å². The predicted octanol–water partition coefficient (Wildman–Crippen LogP) is 1.10. The number of anilines is 1. The Morgan fingerprint density at radius 3 is 2.68 bits per heavy atom. The van der Waals surface area contributed by atoms with Crippen molar-refractivity contribution in [3.63, 3.8) is 0 Å². The fourth-order valence-electron chi connectivity index (χ4n) is 3.81. The van der Waals surface area contributed by atoms with Crippen molar-refractivity contribution in [2.24, 2.45) is 7.05 Å². The smallest absolute Gasteiger partial charge is 0.237 e. The number of morpholine rings is 1. The van der Waals surface area contributed by atoms with E-state index in [1.165, 1.54) is 18.4 Å². The number of aromatic nitrogens is 2. The van der Waals surface area contributed by atoms with Crippen LogP contribution in [0.1, 0.15) is 43.9 Å². The number of carbonyl (C=O) groups is 1. The Morgan fingerprint density at radius 1 is 1.32 bits per heavy atom. The van der Waals surface area contributed by atoms with E-state index < -0.39 is 0 Å². The van der Waals surface area contributed by atoms with Gasteiger partial charge in [0.1, 0.15) is 5.82 Å². The van der Waals surface area contributed by atoms with E-state index in [1.807, 2.05) is 25.6 Å². The van der Waals surface area contributed by atoms with E-state index >= 15 is 0 Å². The summed E-state index contributed by atoms with van der Waals surface area (Å²) in [5.74, 6) is 1.23. The first-order chi connectivity index (χ1) is 12.1.